The molecule has 2 aromatic heterocycles. The van der Waals surface area contributed by atoms with Gasteiger partial charge in [0.1, 0.15) is 24.0 Å². The Hall–Kier alpha value is -5.10. The Morgan fingerprint density at radius 1 is 1.21 bits per heavy atom. The number of carboxylic acid groups (broad SMARTS) is 1. The maximum Gasteiger partial charge on any atom is 0.350 e. The van der Waals surface area contributed by atoms with E-state index in [1.165, 1.54) is 12.4 Å². The van der Waals surface area contributed by atoms with Crippen molar-refractivity contribution < 1.29 is 19.7 Å². The number of hydrogen-bond donors (Lipinski definition) is 5. The van der Waals surface area contributed by atoms with Crippen molar-refractivity contribution in [1.29, 1.82) is 5.41 Å². The molecule has 6 N–H and O–H groups in total. The Morgan fingerprint density at radius 2 is 1.87 bits per heavy atom. The number of H-pyrrole nitrogens is 1. The summed E-state index contributed by atoms with van der Waals surface area (Å²) in [6.07, 6.45) is 5.17. The lowest BCUT2D eigenvalue weighted by atomic mass is 9.89. The van der Waals surface area contributed by atoms with Gasteiger partial charge in [-0.2, -0.15) is 0 Å². The molecule has 2 heterocycles. The van der Waals surface area contributed by atoms with E-state index in [1.54, 1.807) is 30.3 Å². The Labute approximate surface area is 224 Å². The molecule has 0 aliphatic heterocycles. The van der Waals surface area contributed by atoms with Crippen LogP contribution < -0.4 is 16.2 Å². The third-order valence-corrected chi connectivity index (χ3v) is 5.35. The van der Waals surface area contributed by atoms with Crippen molar-refractivity contribution in [2.45, 2.75) is 25.9 Å². The van der Waals surface area contributed by atoms with Gasteiger partial charge in [0.2, 0.25) is 0 Å². The molecule has 1 unspecified atom stereocenters. The Morgan fingerprint density at radius 3 is 2.46 bits per heavy atom. The van der Waals surface area contributed by atoms with Crippen LogP contribution in [0.1, 0.15) is 40.9 Å². The number of nitrogen functional groups attached to an aromatic ring is 1. The van der Waals surface area contributed by atoms with Gasteiger partial charge >= 0.3 is 5.69 Å². The molecule has 1 atom stereocenters. The van der Waals surface area contributed by atoms with Crippen molar-refractivity contribution >= 4 is 11.8 Å². The lowest BCUT2D eigenvalue weighted by molar-refractivity contribution is -0.134. The second-order valence-electron chi connectivity index (χ2n) is 8.33. The fourth-order valence-electron chi connectivity index (χ4n) is 3.68. The van der Waals surface area contributed by atoms with Crippen LogP contribution in [-0.2, 0) is 17.8 Å². The maximum absolute atomic E-state index is 12.7. The molecular formula is C27H29N7O5. The number of aliphatic carboxylic acids is 1. The van der Waals surface area contributed by atoms with Crippen LogP contribution in [0.15, 0.2) is 78.4 Å². The van der Waals surface area contributed by atoms with E-state index in [9.17, 15) is 9.90 Å². The molecule has 0 amide bonds. The molecule has 0 spiro atoms. The molecule has 0 aliphatic rings. The summed E-state index contributed by atoms with van der Waals surface area (Å²) in [6.45, 7) is 4.89. The highest BCUT2D eigenvalue weighted by Crippen LogP contribution is 2.30. The number of hydrogen-bond acceptors (Lipinski definition) is 8. The minimum absolute atomic E-state index is 0.0151. The van der Waals surface area contributed by atoms with Gasteiger partial charge in [0, 0.05) is 30.8 Å². The van der Waals surface area contributed by atoms with Crippen molar-refractivity contribution in [3.8, 4) is 11.7 Å². The summed E-state index contributed by atoms with van der Waals surface area (Å²) in [6, 6.07) is 14.4. The number of benzene rings is 2. The van der Waals surface area contributed by atoms with Gasteiger partial charge in [-0.05, 0) is 41.3 Å². The Balaban J connectivity index is 0.000000983. The van der Waals surface area contributed by atoms with Crippen LogP contribution in [0.25, 0.3) is 5.95 Å². The van der Waals surface area contributed by atoms with Crippen molar-refractivity contribution in [1.82, 2.24) is 24.7 Å². The smallest absolute Gasteiger partial charge is 0.350 e. The lowest BCUT2D eigenvalue weighted by Crippen LogP contribution is -2.18. The molecule has 0 saturated carbocycles. The zero-order chi connectivity index (χ0) is 28.4. The van der Waals surface area contributed by atoms with Gasteiger partial charge < -0.3 is 20.7 Å². The summed E-state index contributed by atoms with van der Waals surface area (Å²) >= 11 is 0. The van der Waals surface area contributed by atoms with E-state index >= 15 is 0 Å². The standard InChI is InChI=1S/C25H25N7O3.C2H4O2/c1-2-10-35-20-12-17(15-33)11-19(14-20)21(13-16-4-6-18(7-5-16)22(26)27)23-30-25(34)32(31-23)24-28-8-3-9-29-24;1-2(3)4/h2-9,11-12,14,21,33H,1,10,13,15H2,(H3,26,27)(H,30,31,34);1H3,(H,3,4). The van der Waals surface area contributed by atoms with E-state index < -0.39 is 17.6 Å². The molecule has 4 aromatic rings. The minimum atomic E-state index is -0.833. The first kappa shape index (κ1) is 28.5. The lowest BCUT2D eigenvalue weighted by Gasteiger charge is -2.18. The van der Waals surface area contributed by atoms with Gasteiger partial charge in [0.05, 0.1) is 6.61 Å². The second kappa shape index (κ2) is 13.4. The third kappa shape index (κ3) is 7.94. The highest BCUT2D eigenvalue weighted by Gasteiger charge is 2.23. The first-order chi connectivity index (χ1) is 18.7. The van der Waals surface area contributed by atoms with E-state index in [0.29, 0.717) is 35.7 Å². The summed E-state index contributed by atoms with van der Waals surface area (Å²) in [7, 11) is 0. The van der Waals surface area contributed by atoms with Crippen molar-refractivity contribution in [2.24, 2.45) is 5.73 Å². The van der Waals surface area contributed by atoms with Crippen LogP contribution in [-0.4, -0.2) is 53.4 Å². The SMILES string of the molecule is C=CCOc1cc(CO)cc(C(Cc2ccc(C(=N)N)cc2)c2nn(-c3ncccn3)c(=O)[nH]2)c1.CC(=O)O. The number of amidine groups is 1. The molecule has 39 heavy (non-hydrogen) atoms. The molecule has 0 bridgehead atoms. The van der Waals surface area contributed by atoms with Crippen LogP contribution in [0.4, 0.5) is 0 Å². The number of nitrogens with one attached hydrogen (secondary N) is 2. The molecule has 12 heteroatoms. The second-order valence-corrected chi connectivity index (χ2v) is 8.33. The van der Waals surface area contributed by atoms with Crippen LogP contribution in [0.3, 0.4) is 0 Å². The third-order valence-electron chi connectivity index (χ3n) is 5.35. The van der Waals surface area contributed by atoms with Gasteiger partial charge in [-0.1, -0.05) is 43.0 Å². The van der Waals surface area contributed by atoms with Gasteiger partial charge in [0.15, 0.2) is 0 Å². The van der Waals surface area contributed by atoms with Crippen molar-refractivity contribution in [3.63, 3.8) is 0 Å². The first-order valence-electron chi connectivity index (χ1n) is 11.8. The number of carboxylic acids is 1. The quantitative estimate of drug-likeness (QED) is 0.116. The zero-order valence-electron chi connectivity index (χ0n) is 21.2. The van der Waals surface area contributed by atoms with E-state index in [2.05, 4.69) is 26.6 Å². The van der Waals surface area contributed by atoms with Gasteiger partial charge in [-0.25, -0.2) is 14.8 Å². The highest BCUT2D eigenvalue weighted by molar-refractivity contribution is 5.94. The van der Waals surface area contributed by atoms with E-state index in [4.69, 9.17) is 25.8 Å². The number of aliphatic hydroxyl groups is 1. The predicted molar refractivity (Wildman–Crippen MR) is 144 cm³/mol. The van der Waals surface area contributed by atoms with Crippen LogP contribution in [0.2, 0.25) is 0 Å². The fourth-order valence-corrected chi connectivity index (χ4v) is 3.68. The molecule has 0 saturated heterocycles. The Kier molecular flexibility index (Phi) is 9.82. The predicted octanol–water partition coefficient (Wildman–Crippen LogP) is 2.16. The van der Waals surface area contributed by atoms with Gasteiger partial charge in [0.25, 0.3) is 11.9 Å². The molecule has 0 radical (unpaired) electrons. The number of carbonyl (C=O) groups is 1. The van der Waals surface area contributed by atoms with Crippen LogP contribution >= 0.6 is 0 Å². The highest BCUT2D eigenvalue weighted by atomic mass is 16.5. The van der Waals surface area contributed by atoms with Gasteiger partial charge in [-0.15, -0.1) is 9.78 Å². The summed E-state index contributed by atoms with van der Waals surface area (Å²) in [4.78, 5) is 32.8. The average molecular weight is 532 g/mol. The van der Waals surface area contributed by atoms with E-state index in [-0.39, 0.29) is 18.4 Å². The number of ether oxygens (including phenoxy) is 1. The van der Waals surface area contributed by atoms with Crippen molar-refractivity contribution in [3.05, 3.63) is 112 Å². The largest absolute Gasteiger partial charge is 0.490 e. The average Bonchev–Trinajstić information content (AvgIpc) is 3.31. The monoisotopic (exact) mass is 531 g/mol. The topological polar surface area (TPSA) is 193 Å². The first-order valence-corrected chi connectivity index (χ1v) is 11.8. The summed E-state index contributed by atoms with van der Waals surface area (Å²) in [5, 5.41) is 29.4. The molecule has 202 valence electrons. The number of nitrogens with zero attached hydrogens (tertiary/aromatic N) is 4. The number of aromatic nitrogens is 5. The van der Waals surface area contributed by atoms with Crippen LogP contribution in [0, 0.1) is 5.41 Å². The number of aliphatic hydroxyl groups excluding tert-OH is 1. The maximum atomic E-state index is 12.7. The number of nitrogens with two attached hydrogens (primary N) is 1. The summed E-state index contributed by atoms with van der Waals surface area (Å²) in [5.74, 6) is -0.116. The molecule has 0 aliphatic carbocycles. The molecule has 2 aromatic carbocycles. The molecule has 4 rings (SSSR count). The van der Waals surface area contributed by atoms with E-state index in [0.717, 1.165) is 22.7 Å². The Bertz CT molecular complexity index is 1480. The normalized spacial score (nSPS) is 11.1. The van der Waals surface area contributed by atoms with Crippen molar-refractivity contribution in [2.75, 3.05) is 6.61 Å². The minimum Gasteiger partial charge on any atom is -0.490 e. The van der Waals surface area contributed by atoms with Crippen LogP contribution in [0.5, 0.6) is 5.75 Å². The fraction of sp³-hybridized carbons (Fsp3) is 0.185. The molecular weight excluding hydrogens is 502 g/mol. The zero-order valence-corrected chi connectivity index (χ0v) is 21.2. The summed E-state index contributed by atoms with van der Waals surface area (Å²) in [5.41, 5.74) is 8.12. The van der Waals surface area contributed by atoms with E-state index in [1.807, 2.05) is 24.3 Å². The molecule has 12 nitrogen and oxygen atoms in total. The number of rotatable bonds is 10. The van der Waals surface area contributed by atoms with Gasteiger partial charge in [-0.3, -0.25) is 15.2 Å². The number of aromatic amines is 1. The molecule has 0 fully saturated rings. The summed E-state index contributed by atoms with van der Waals surface area (Å²) < 4.78 is 6.85.